The lowest BCUT2D eigenvalue weighted by Crippen LogP contribution is -2.19. The van der Waals surface area contributed by atoms with E-state index in [1.54, 1.807) is 10.9 Å². The van der Waals surface area contributed by atoms with Gasteiger partial charge in [0.25, 0.3) is 0 Å². The molecular weight excluding hydrogens is 194 g/mol. The van der Waals surface area contributed by atoms with Gasteiger partial charge in [-0.3, -0.25) is 0 Å². The molecule has 0 amide bonds. The molecule has 0 saturated heterocycles. The van der Waals surface area contributed by atoms with Crippen molar-refractivity contribution in [2.24, 2.45) is 0 Å². The van der Waals surface area contributed by atoms with Crippen LogP contribution in [0, 0.1) is 0 Å². The van der Waals surface area contributed by atoms with Crippen molar-refractivity contribution in [1.29, 1.82) is 0 Å². The van der Waals surface area contributed by atoms with Gasteiger partial charge in [0.15, 0.2) is 0 Å². The molecular formula is C10H17N3O2. The molecule has 84 valence electrons. The van der Waals surface area contributed by atoms with E-state index in [9.17, 15) is 5.11 Å². The molecule has 2 rings (SSSR count). The van der Waals surface area contributed by atoms with Gasteiger partial charge >= 0.3 is 0 Å². The lowest BCUT2D eigenvalue weighted by atomic mass is 10.4. The number of aliphatic hydroxyl groups excluding tert-OH is 2. The molecule has 5 heteroatoms. The van der Waals surface area contributed by atoms with Gasteiger partial charge in [-0.25, -0.2) is 4.98 Å². The molecule has 0 aromatic carbocycles. The van der Waals surface area contributed by atoms with Crippen LogP contribution in [0.4, 0.5) is 0 Å². The topological polar surface area (TPSA) is 70.3 Å². The minimum absolute atomic E-state index is 0.214. The minimum Gasteiger partial charge on any atom is -0.394 e. The van der Waals surface area contributed by atoms with Crippen molar-refractivity contribution in [1.82, 2.24) is 14.9 Å². The molecule has 1 fully saturated rings. The summed E-state index contributed by atoms with van der Waals surface area (Å²) in [5.41, 5.74) is 0.979. The molecule has 1 aromatic heterocycles. The van der Waals surface area contributed by atoms with Gasteiger partial charge in [0, 0.05) is 18.8 Å². The molecule has 1 aliphatic rings. The monoisotopic (exact) mass is 211 g/mol. The third kappa shape index (κ3) is 3.30. The van der Waals surface area contributed by atoms with Crippen LogP contribution in [0.1, 0.15) is 18.5 Å². The highest BCUT2D eigenvalue weighted by molar-refractivity contribution is 4.98. The predicted molar refractivity (Wildman–Crippen MR) is 55.2 cm³/mol. The number of aromatic nitrogens is 2. The molecule has 1 atom stereocenters. The second-order valence-electron chi connectivity index (χ2n) is 4.05. The Morgan fingerprint density at radius 3 is 3.07 bits per heavy atom. The first-order valence-electron chi connectivity index (χ1n) is 5.31. The van der Waals surface area contributed by atoms with Crippen molar-refractivity contribution in [3.63, 3.8) is 0 Å². The van der Waals surface area contributed by atoms with Crippen molar-refractivity contribution in [2.75, 3.05) is 6.61 Å². The smallest absolute Gasteiger partial charge is 0.0950 e. The Kier molecular flexibility index (Phi) is 3.35. The lowest BCUT2D eigenvalue weighted by molar-refractivity contribution is 0.0812. The molecule has 0 spiro atoms. The molecule has 1 unspecified atom stereocenters. The van der Waals surface area contributed by atoms with E-state index in [-0.39, 0.29) is 6.61 Å². The van der Waals surface area contributed by atoms with Crippen LogP contribution < -0.4 is 5.32 Å². The van der Waals surface area contributed by atoms with Crippen molar-refractivity contribution >= 4 is 0 Å². The molecule has 5 nitrogen and oxygen atoms in total. The van der Waals surface area contributed by atoms with Crippen LogP contribution in [0.5, 0.6) is 0 Å². The number of aliphatic hydroxyl groups is 2. The molecule has 0 aliphatic heterocycles. The maximum Gasteiger partial charge on any atom is 0.0950 e. The van der Waals surface area contributed by atoms with Gasteiger partial charge in [-0.1, -0.05) is 0 Å². The Morgan fingerprint density at radius 1 is 1.60 bits per heavy atom. The Bertz CT molecular complexity index is 309. The molecule has 15 heavy (non-hydrogen) atoms. The quantitative estimate of drug-likeness (QED) is 0.592. The van der Waals surface area contributed by atoms with Crippen LogP contribution >= 0.6 is 0 Å². The number of imidazole rings is 1. The van der Waals surface area contributed by atoms with Crippen molar-refractivity contribution in [2.45, 2.75) is 38.1 Å². The summed E-state index contributed by atoms with van der Waals surface area (Å²) in [7, 11) is 0. The average molecular weight is 211 g/mol. The summed E-state index contributed by atoms with van der Waals surface area (Å²) < 4.78 is 1.80. The fourth-order valence-electron chi connectivity index (χ4n) is 1.43. The van der Waals surface area contributed by atoms with Gasteiger partial charge in [-0.15, -0.1) is 0 Å². The zero-order valence-corrected chi connectivity index (χ0v) is 8.63. The normalized spacial score (nSPS) is 18.0. The highest BCUT2D eigenvalue weighted by atomic mass is 16.3. The van der Waals surface area contributed by atoms with Crippen LogP contribution in [0.25, 0.3) is 0 Å². The van der Waals surface area contributed by atoms with Crippen LogP contribution in [0.2, 0.25) is 0 Å². The summed E-state index contributed by atoms with van der Waals surface area (Å²) in [6.45, 7) is 0.966. The average Bonchev–Trinajstić information content (AvgIpc) is 2.97. The molecule has 3 N–H and O–H groups in total. The van der Waals surface area contributed by atoms with Crippen molar-refractivity contribution < 1.29 is 10.2 Å². The van der Waals surface area contributed by atoms with E-state index in [0.29, 0.717) is 12.6 Å². The Balaban J connectivity index is 1.79. The third-order valence-electron chi connectivity index (χ3n) is 2.47. The first kappa shape index (κ1) is 10.6. The summed E-state index contributed by atoms with van der Waals surface area (Å²) in [4.78, 5) is 4.21. The SMILES string of the molecule is OCC(O)Cn1cnc(CNC2CC2)c1. The summed E-state index contributed by atoms with van der Waals surface area (Å²) in [6, 6.07) is 0.679. The fraction of sp³-hybridized carbons (Fsp3) is 0.700. The van der Waals surface area contributed by atoms with Gasteiger partial charge in [0.05, 0.1) is 31.3 Å². The number of hydrogen-bond acceptors (Lipinski definition) is 4. The molecule has 0 radical (unpaired) electrons. The molecule has 1 aliphatic carbocycles. The number of rotatable bonds is 6. The number of hydrogen-bond donors (Lipinski definition) is 3. The van der Waals surface area contributed by atoms with E-state index in [1.807, 2.05) is 6.20 Å². The van der Waals surface area contributed by atoms with E-state index < -0.39 is 6.10 Å². The van der Waals surface area contributed by atoms with E-state index in [4.69, 9.17) is 5.11 Å². The lowest BCUT2D eigenvalue weighted by Gasteiger charge is -2.06. The van der Waals surface area contributed by atoms with Crippen LogP contribution in [0.15, 0.2) is 12.5 Å². The highest BCUT2D eigenvalue weighted by Gasteiger charge is 2.20. The first-order chi connectivity index (χ1) is 7.28. The fourth-order valence-corrected chi connectivity index (χ4v) is 1.43. The maximum absolute atomic E-state index is 9.23. The number of nitrogens with one attached hydrogen (secondary N) is 1. The van der Waals surface area contributed by atoms with Crippen LogP contribution in [-0.4, -0.2) is 38.5 Å². The second kappa shape index (κ2) is 4.74. The van der Waals surface area contributed by atoms with Gasteiger partial charge in [0.2, 0.25) is 0 Å². The van der Waals surface area contributed by atoms with E-state index in [2.05, 4.69) is 10.3 Å². The first-order valence-corrected chi connectivity index (χ1v) is 5.31. The molecule has 0 bridgehead atoms. The van der Waals surface area contributed by atoms with Gasteiger partial charge in [0.1, 0.15) is 0 Å². The van der Waals surface area contributed by atoms with Crippen molar-refractivity contribution in [3.8, 4) is 0 Å². The maximum atomic E-state index is 9.23. The Hall–Kier alpha value is -0.910. The zero-order chi connectivity index (χ0) is 10.7. The zero-order valence-electron chi connectivity index (χ0n) is 8.63. The van der Waals surface area contributed by atoms with Gasteiger partial charge in [-0.05, 0) is 12.8 Å². The third-order valence-corrected chi connectivity index (χ3v) is 2.47. The van der Waals surface area contributed by atoms with Crippen molar-refractivity contribution in [3.05, 3.63) is 18.2 Å². The van der Waals surface area contributed by atoms with Crippen LogP contribution in [-0.2, 0) is 13.1 Å². The van der Waals surface area contributed by atoms with Gasteiger partial charge in [-0.2, -0.15) is 0 Å². The predicted octanol–water partition coefficient (Wildman–Crippen LogP) is -0.512. The van der Waals surface area contributed by atoms with E-state index in [0.717, 1.165) is 12.2 Å². The number of nitrogens with zero attached hydrogens (tertiary/aromatic N) is 2. The summed E-state index contributed by atoms with van der Waals surface area (Å²) >= 11 is 0. The molecule has 1 aromatic rings. The largest absolute Gasteiger partial charge is 0.394 e. The minimum atomic E-state index is -0.705. The summed E-state index contributed by atoms with van der Waals surface area (Å²) in [5, 5.41) is 21.3. The van der Waals surface area contributed by atoms with Gasteiger partial charge < -0.3 is 20.1 Å². The summed E-state index contributed by atoms with van der Waals surface area (Å²) in [5.74, 6) is 0. The highest BCUT2D eigenvalue weighted by Crippen LogP contribution is 2.18. The Labute approximate surface area is 88.8 Å². The van der Waals surface area contributed by atoms with E-state index >= 15 is 0 Å². The molecule has 1 saturated carbocycles. The summed E-state index contributed by atoms with van der Waals surface area (Å²) in [6.07, 6.45) is 5.41. The molecule has 1 heterocycles. The Morgan fingerprint density at radius 2 is 2.40 bits per heavy atom. The van der Waals surface area contributed by atoms with Crippen LogP contribution in [0.3, 0.4) is 0 Å². The second-order valence-corrected chi connectivity index (χ2v) is 4.05. The standard InChI is InChI=1S/C10H17N3O2/c14-6-10(15)5-13-4-9(12-7-13)3-11-8-1-2-8/h4,7-8,10-11,14-15H,1-3,5-6H2. The van der Waals surface area contributed by atoms with E-state index in [1.165, 1.54) is 12.8 Å².